The summed E-state index contributed by atoms with van der Waals surface area (Å²) in [6.45, 7) is 0.0873. The molecule has 2 heterocycles. The standard InChI is InChI=1S/C34H24N2O4S/c37-34(35-25-19-20-27-26-15-8-10-18-30(26)40-31(27)21-25)33-32(24-13-5-2-6-14-24)28-16-7-9-17-29(28)36(41(33,38)39)22-23-11-3-1-4-12-23/h1-21H,22H2,(H,35,37). The van der Waals surface area contributed by atoms with Gasteiger partial charge in [0.25, 0.3) is 15.9 Å². The van der Waals surface area contributed by atoms with Crippen molar-refractivity contribution in [1.29, 1.82) is 0 Å². The van der Waals surface area contributed by atoms with Gasteiger partial charge in [0.2, 0.25) is 0 Å². The summed E-state index contributed by atoms with van der Waals surface area (Å²) < 4.78 is 36.1. The number of sulfonamides is 1. The van der Waals surface area contributed by atoms with Crippen molar-refractivity contribution in [2.75, 3.05) is 9.62 Å². The van der Waals surface area contributed by atoms with E-state index >= 15 is 0 Å². The maximum absolute atomic E-state index is 14.4. The lowest BCUT2D eigenvalue weighted by Crippen LogP contribution is -2.39. The smallest absolute Gasteiger partial charge is 0.270 e. The van der Waals surface area contributed by atoms with E-state index in [2.05, 4.69) is 5.32 Å². The molecule has 0 saturated carbocycles. The quantitative estimate of drug-likeness (QED) is 0.241. The summed E-state index contributed by atoms with van der Waals surface area (Å²) in [5.41, 5.74) is 4.78. The fourth-order valence-electron chi connectivity index (χ4n) is 5.43. The molecule has 6 nitrogen and oxygen atoms in total. The Kier molecular flexibility index (Phi) is 5.94. The van der Waals surface area contributed by atoms with Crippen LogP contribution in [0.5, 0.6) is 0 Å². The molecule has 0 bridgehead atoms. The monoisotopic (exact) mass is 556 g/mol. The minimum Gasteiger partial charge on any atom is -0.456 e. The predicted molar refractivity (Wildman–Crippen MR) is 163 cm³/mol. The molecule has 0 fully saturated rings. The van der Waals surface area contributed by atoms with Gasteiger partial charge >= 0.3 is 0 Å². The third-order valence-corrected chi connectivity index (χ3v) is 9.10. The zero-order chi connectivity index (χ0) is 28.0. The molecular weight excluding hydrogens is 532 g/mol. The van der Waals surface area contributed by atoms with Gasteiger partial charge in [-0.25, -0.2) is 8.42 Å². The highest BCUT2D eigenvalue weighted by atomic mass is 32.2. The highest BCUT2D eigenvalue weighted by molar-refractivity contribution is 7.97. The Labute approximate surface area is 237 Å². The Morgan fingerprint density at radius 2 is 1.37 bits per heavy atom. The van der Waals surface area contributed by atoms with Crippen LogP contribution in [0.3, 0.4) is 0 Å². The molecular formula is C34H24N2O4S. The highest BCUT2D eigenvalue weighted by Gasteiger charge is 2.41. The van der Waals surface area contributed by atoms with E-state index in [-0.39, 0.29) is 11.4 Å². The first kappa shape index (κ1) is 24.9. The second-order valence-corrected chi connectivity index (χ2v) is 11.6. The van der Waals surface area contributed by atoms with E-state index in [1.54, 1.807) is 18.2 Å². The summed E-state index contributed by atoms with van der Waals surface area (Å²) in [7, 11) is -4.28. The summed E-state index contributed by atoms with van der Waals surface area (Å²) in [6, 6.07) is 38.9. The van der Waals surface area contributed by atoms with Crippen LogP contribution in [-0.4, -0.2) is 14.3 Å². The number of rotatable bonds is 5. The van der Waals surface area contributed by atoms with Crippen LogP contribution in [0.2, 0.25) is 0 Å². The molecule has 200 valence electrons. The van der Waals surface area contributed by atoms with Gasteiger partial charge < -0.3 is 9.73 Å². The van der Waals surface area contributed by atoms with Gasteiger partial charge in [-0.1, -0.05) is 97.1 Å². The van der Waals surface area contributed by atoms with Crippen molar-refractivity contribution < 1.29 is 17.6 Å². The molecule has 1 aromatic heterocycles. The average molecular weight is 557 g/mol. The number of amides is 1. The molecule has 6 aromatic rings. The first-order valence-electron chi connectivity index (χ1n) is 13.2. The summed E-state index contributed by atoms with van der Waals surface area (Å²) >= 11 is 0. The van der Waals surface area contributed by atoms with E-state index in [4.69, 9.17) is 4.42 Å². The zero-order valence-electron chi connectivity index (χ0n) is 21.8. The Bertz CT molecular complexity index is 2080. The lowest BCUT2D eigenvalue weighted by Gasteiger charge is -2.33. The van der Waals surface area contributed by atoms with Crippen molar-refractivity contribution in [2.45, 2.75) is 6.54 Å². The largest absolute Gasteiger partial charge is 0.456 e. The highest BCUT2D eigenvalue weighted by Crippen LogP contribution is 2.44. The molecule has 0 atom stereocenters. The number of carbonyl (C=O) groups excluding carboxylic acids is 1. The van der Waals surface area contributed by atoms with Crippen molar-refractivity contribution in [2.24, 2.45) is 0 Å². The lowest BCUT2D eigenvalue weighted by molar-refractivity contribution is -0.112. The van der Waals surface area contributed by atoms with E-state index in [0.717, 1.165) is 21.9 Å². The van der Waals surface area contributed by atoms with Crippen LogP contribution >= 0.6 is 0 Å². The molecule has 0 radical (unpaired) electrons. The predicted octanol–water partition coefficient (Wildman–Crippen LogP) is 7.33. The Balaban J connectivity index is 1.38. The maximum atomic E-state index is 14.4. The Morgan fingerprint density at radius 3 is 2.17 bits per heavy atom. The number of furan rings is 1. The van der Waals surface area contributed by atoms with Crippen LogP contribution in [0.4, 0.5) is 11.4 Å². The first-order valence-corrected chi connectivity index (χ1v) is 14.6. The second kappa shape index (κ2) is 9.80. The molecule has 41 heavy (non-hydrogen) atoms. The van der Waals surface area contributed by atoms with Gasteiger partial charge in [-0.3, -0.25) is 9.10 Å². The summed E-state index contributed by atoms with van der Waals surface area (Å²) in [4.78, 5) is 13.8. The molecule has 0 spiro atoms. The van der Waals surface area contributed by atoms with Crippen molar-refractivity contribution in [3.8, 4) is 0 Å². The number of hydrogen-bond donors (Lipinski definition) is 1. The number of carbonyl (C=O) groups is 1. The number of benzene rings is 5. The molecule has 1 aliphatic rings. The van der Waals surface area contributed by atoms with Gasteiger partial charge in [-0.05, 0) is 35.4 Å². The molecule has 0 unspecified atom stereocenters. The van der Waals surface area contributed by atoms with Crippen LogP contribution in [0.15, 0.2) is 137 Å². The topological polar surface area (TPSA) is 79.6 Å². The van der Waals surface area contributed by atoms with Crippen LogP contribution < -0.4 is 9.62 Å². The first-order chi connectivity index (χ1) is 20.0. The molecule has 0 saturated heterocycles. The number of fused-ring (bicyclic) bond motifs is 4. The van der Waals surface area contributed by atoms with Crippen LogP contribution in [-0.2, 0) is 21.4 Å². The van der Waals surface area contributed by atoms with E-state index < -0.39 is 15.9 Å². The van der Waals surface area contributed by atoms with Gasteiger partial charge in [0, 0.05) is 33.7 Å². The Morgan fingerprint density at radius 1 is 0.707 bits per heavy atom. The molecule has 7 rings (SSSR count). The Hall–Kier alpha value is -5.14. The fourth-order valence-corrected chi connectivity index (χ4v) is 7.16. The number of anilines is 2. The minimum atomic E-state index is -4.28. The van der Waals surface area contributed by atoms with Crippen molar-refractivity contribution >= 4 is 54.8 Å². The van der Waals surface area contributed by atoms with Crippen molar-refractivity contribution in [3.05, 3.63) is 149 Å². The number of nitrogens with zero attached hydrogens (tertiary/aromatic N) is 1. The summed E-state index contributed by atoms with van der Waals surface area (Å²) in [5.74, 6) is -0.716. The molecule has 1 amide bonds. The number of para-hydroxylation sites is 2. The van der Waals surface area contributed by atoms with Crippen molar-refractivity contribution in [1.82, 2.24) is 0 Å². The van der Waals surface area contributed by atoms with E-state index in [9.17, 15) is 13.2 Å². The van der Waals surface area contributed by atoms with Gasteiger partial charge in [-0.15, -0.1) is 0 Å². The third kappa shape index (κ3) is 4.27. The van der Waals surface area contributed by atoms with Gasteiger partial charge in [0.05, 0.1) is 12.2 Å². The number of nitrogens with one attached hydrogen (secondary N) is 1. The SMILES string of the molecule is O=C(Nc1ccc2c(c1)oc1ccccc12)C1=C(c2ccccc2)c2ccccc2N(Cc2ccccc2)S1(=O)=O. The van der Waals surface area contributed by atoms with Crippen LogP contribution in [0.1, 0.15) is 16.7 Å². The molecule has 1 aliphatic heterocycles. The fraction of sp³-hybridized carbons (Fsp3) is 0.0294. The van der Waals surface area contributed by atoms with Crippen molar-refractivity contribution in [3.63, 3.8) is 0 Å². The second-order valence-electron chi connectivity index (χ2n) is 9.85. The lowest BCUT2D eigenvalue weighted by atomic mass is 9.95. The molecule has 5 aromatic carbocycles. The zero-order valence-corrected chi connectivity index (χ0v) is 22.6. The molecule has 1 N–H and O–H groups in total. The van der Waals surface area contributed by atoms with E-state index in [1.165, 1.54) is 4.31 Å². The summed E-state index contributed by atoms with van der Waals surface area (Å²) in [6.07, 6.45) is 0. The van der Waals surface area contributed by atoms with Gasteiger partial charge in [0.15, 0.2) is 4.91 Å². The molecule has 0 aliphatic carbocycles. The van der Waals surface area contributed by atoms with E-state index in [1.807, 2.05) is 109 Å². The molecule has 7 heteroatoms. The van der Waals surface area contributed by atoms with E-state index in [0.29, 0.717) is 33.7 Å². The van der Waals surface area contributed by atoms with Gasteiger partial charge in [0.1, 0.15) is 11.2 Å². The maximum Gasteiger partial charge on any atom is 0.270 e. The minimum absolute atomic E-state index is 0.0873. The van der Waals surface area contributed by atoms with Crippen LogP contribution in [0.25, 0.3) is 27.5 Å². The van der Waals surface area contributed by atoms with Crippen LogP contribution in [0, 0.1) is 0 Å². The average Bonchev–Trinajstić information content (AvgIpc) is 3.37. The number of hydrogen-bond acceptors (Lipinski definition) is 4. The normalized spacial score (nSPS) is 14.3. The third-order valence-electron chi connectivity index (χ3n) is 7.29. The van der Waals surface area contributed by atoms with Gasteiger partial charge in [-0.2, -0.15) is 0 Å². The summed E-state index contributed by atoms with van der Waals surface area (Å²) in [5, 5.41) is 4.74.